The van der Waals surface area contributed by atoms with Crippen LogP contribution in [0.5, 0.6) is 11.5 Å². The number of fused-ring (bicyclic) bond motifs is 2. The van der Waals surface area contributed by atoms with Crippen LogP contribution in [0.1, 0.15) is 64.5 Å². The van der Waals surface area contributed by atoms with Crippen molar-refractivity contribution in [1.82, 2.24) is 0 Å². The molecular weight excluding hydrogens is 346 g/mol. The van der Waals surface area contributed by atoms with E-state index in [9.17, 15) is 5.11 Å². The minimum absolute atomic E-state index is 0.0381. The average Bonchev–Trinajstić information content (AvgIpc) is 3.02. The van der Waals surface area contributed by atoms with E-state index in [1.54, 1.807) is 6.07 Å². The summed E-state index contributed by atoms with van der Waals surface area (Å²) in [4.78, 5) is 0. The first-order chi connectivity index (χ1) is 13.1. The van der Waals surface area contributed by atoms with Crippen LogP contribution in [0.15, 0.2) is 48.5 Å². The van der Waals surface area contributed by atoms with Crippen molar-refractivity contribution < 1.29 is 9.84 Å². The Morgan fingerprint density at radius 3 is 2.29 bits per heavy atom. The highest BCUT2D eigenvalue weighted by atomic mass is 16.5. The highest BCUT2D eigenvalue weighted by molar-refractivity contribution is 5.89. The number of aromatic hydroxyl groups is 1. The van der Waals surface area contributed by atoms with Gasteiger partial charge in [0.2, 0.25) is 6.23 Å². The number of phenolic OH excluding ortho intramolecular Hbond substituents is 1. The van der Waals surface area contributed by atoms with Gasteiger partial charge in [-0.05, 0) is 39.3 Å². The molecule has 3 aromatic rings. The molecule has 0 amide bonds. The summed E-state index contributed by atoms with van der Waals surface area (Å²) in [6.07, 6.45) is -0.419. The van der Waals surface area contributed by atoms with E-state index < -0.39 is 6.23 Å². The quantitative estimate of drug-likeness (QED) is 0.501. The second-order valence-electron chi connectivity index (χ2n) is 9.76. The molecule has 0 saturated heterocycles. The number of ether oxygens (including phenoxy) is 1. The van der Waals surface area contributed by atoms with Crippen molar-refractivity contribution >= 4 is 16.5 Å². The van der Waals surface area contributed by atoms with Crippen molar-refractivity contribution in [2.24, 2.45) is 0 Å². The van der Waals surface area contributed by atoms with Crippen molar-refractivity contribution in [3.05, 3.63) is 65.2 Å². The first-order valence-electron chi connectivity index (χ1n) is 9.88. The van der Waals surface area contributed by atoms with Crippen molar-refractivity contribution in [3.8, 4) is 11.5 Å². The Hall–Kier alpha value is -2.68. The van der Waals surface area contributed by atoms with Gasteiger partial charge in [0.15, 0.2) is 0 Å². The van der Waals surface area contributed by atoms with Crippen LogP contribution in [0, 0.1) is 0 Å². The van der Waals surface area contributed by atoms with E-state index in [4.69, 9.17) is 4.74 Å². The van der Waals surface area contributed by atoms with Crippen molar-refractivity contribution in [2.45, 2.75) is 58.6 Å². The van der Waals surface area contributed by atoms with Gasteiger partial charge >= 0.3 is 0 Å². The van der Waals surface area contributed by atoms with Gasteiger partial charge in [-0.15, -0.1) is 0 Å². The molecule has 1 atom stereocenters. The lowest BCUT2D eigenvalue weighted by atomic mass is 9.80. The molecule has 146 valence electrons. The number of hydrogen-bond donors (Lipinski definition) is 2. The summed E-state index contributed by atoms with van der Waals surface area (Å²) in [7, 11) is 0. The molecule has 0 bridgehead atoms. The molecule has 2 N–H and O–H groups in total. The van der Waals surface area contributed by atoms with E-state index in [0.717, 1.165) is 27.8 Å². The highest BCUT2D eigenvalue weighted by Gasteiger charge is 2.34. The summed E-state index contributed by atoms with van der Waals surface area (Å²) < 4.78 is 6.44. The number of benzene rings is 3. The van der Waals surface area contributed by atoms with Crippen molar-refractivity contribution in [1.29, 1.82) is 0 Å². The smallest absolute Gasteiger partial charge is 0.200 e. The zero-order valence-electron chi connectivity index (χ0n) is 17.6. The molecule has 3 aromatic carbocycles. The molecule has 0 radical (unpaired) electrons. The number of hydrogen-bond acceptors (Lipinski definition) is 3. The highest BCUT2D eigenvalue weighted by Crippen LogP contribution is 2.49. The molecule has 0 fully saturated rings. The van der Waals surface area contributed by atoms with Crippen LogP contribution in [0.4, 0.5) is 5.69 Å². The van der Waals surface area contributed by atoms with Crippen LogP contribution in [0.25, 0.3) is 10.8 Å². The second kappa shape index (κ2) is 6.16. The fraction of sp³-hybridized carbons (Fsp3) is 0.360. The van der Waals surface area contributed by atoms with E-state index in [0.29, 0.717) is 0 Å². The monoisotopic (exact) mass is 375 g/mol. The minimum atomic E-state index is -0.419. The number of anilines is 1. The molecule has 1 heterocycles. The van der Waals surface area contributed by atoms with Crippen LogP contribution >= 0.6 is 0 Å². The molecule has 28 heavy (non-hydrogen) atoms. The second-order valence-corrected chi connectivity index (χ2v) is 9.76. The third-order valence-corrected chi connectivity index (χ3v) is 5.50. The van der Waals surface area contributed by atoms with E-state index in [-0.39, 0.29) is 16.6 Å². The molecular formula is C25H29NO2. The SMILES string of the molecule is CC(C)(C)c1cc2c(c(C(C)(C)C)c1)OC(c1c(O)ccc3ccccc13)N2. The lowest BCUT2D eigenvalue weighted by Gasteiger charge is -2.26. The van der Waals surface area contributed by atoms with Gasteiger partial charge in [-0.1, -0.05) is 77.9 Å². The molecule has 0 aromatic heterocycles. The molecule has 0 aliphatic carbocycles. The van der Waals surface area contributed by atoms with Gasteiger partial charge in [0.25, 0.3) is 0 Å². The lowest BCUT2D eigenvalue weighted by Crippen LogP contribution is -2.17. The van der Waals surface area contributed by atoms with Crippen LogP contribution in [0.2, 0.25) is 0 Å². The van der Waals surface area contributed by atoms with Crippen molar-refractivity contribution in [2.75, 3.05) is 5.32 Å². The molecule has 3 heteroatoms. The summed E-state index contributed by atoms with van der Waals surface area (Å²) in [5, 5.41) is 16.3. The van der Waals surface area contributed by atoms with Gasteiger partial charge in [0.1, 0.15) is 11.5 Å². The van der Waals surface area contributed by atoms with Gasteiger partial charge in [-0.25, -0.2) is 0 Å². The summed E-state index contributed by atoms with van der Waals surface area (Å²) in [5.74, 6) is 1.13. The Morgan fingerprint density at radius 1 is 0.893 bits per heavy atom. The fourth-order valence-corrected chi connectivity index (χ4v) is 3.83. The molecule has 1 unspecified atom stereocenters. The molecule has 3 nitrogen and oxygen atoms in total. The molecule has 1 aliphatic heterocycles. The Morgan fingerprint density at radius 2 is 1.61 bits per heavy atom. The molecule has 4 rings (SSSR count). The Labute approximate surface area is 167 Å². The van der Waals surface area contributed by atoms with Gasteiger partial charge in [-0.3, -0.25) is 0 Å². The maximum Gasteiger partial charge on any atom is 0.200 e. The minimum Gasteiger partial charge on any atom is -0.507 e. The van der Waals surface area contributed by atoms with Crippen LogP contribution in [0.3, 0.4) is 0 Å². The maximum atomic E-state index is 10.6. The van der Waals surface area contributed by atoms with Gasteiger partial charge in [-0.2, -0.15) is 0 Å². The van der Waals surface area contributed by atoms with E-state index in [1.165, 1.54) is 11.1 Å². The number of rotatable bonds is 1. The number of nitrogens with one attached hydrogen (secondary N) is 1. The zero-order chi connectivity index (χ0) is 20.3. The largest absolute Gasteiger partial charge is 0.507 e. The first-order valence-corrected chi connectivity index (χ1v) is 9.88. The maximum absolute atomic E-state index is 10.6. The summed E-state index contributed by atoms with van der Waals surface area (Å²) >= 11 is 0. The van der Waals surface area contributed by atoms with Crippen LogP contribution in [-0.4, -0.2) is 5.11 Å². The third kappa shape index (κ3) is 3.09. The van der Waals surface area contributed by atoms with Crippen LogP contribution < -0.4 is 10.1 Å². The fourth-order valence-electron chi connectivity index (χ4n) is 3.83. The standard InChI is InChI=1S/C25H29NO2/c1-24(2,3)16-13-18(25(4,5)6)22-19(14-16)26-23(28-22)21-17-10-8-7-9-15(17)11-12-20(21)27/h7-14,23,26-27H,1-6H3. The molecule has 1 aliphatic rings. The Kier molecular flexibility index (Phi) is 4.11. The summed E-state index contributed by atoms with van der Waals surface area (Å²) in [5.41, 5.74) is 4.22. The summed E-state index contributed by atoms with van der Waals surface area (Å²) in [6, 6.07) is 16.2. The van der Waals surface area contributed by atoms with Gasteiger partial charge in [0.05, 0.1) is 11.3 Å². The van der Waals surface area contributed by atoms with E-state index in [1.807, 2.05) is 24.3 Å². The lowest BCUT2D eigenvalue weighted by molar-refractivity contribution is 0.250. The molecule has 0 saturated carbocycles. The van der Waals surface area contributed by atoms with Crippen LogP contribution in [-0.2, 0) is 10.8 Å². The van der Waals surface area contributed by atoms with Gasteiger partial charge < -0.3 is 15.2 Å². The third-order valence-electron chi connectivity index (χ3n) is 5.50. The van der Waals surface area contributed by atoms with E-state index >= 15 is 0 Å². The predicted octanol–water partition coefficient (Wildman–Crippen LogP) is 6.64. The first kappa shape index (κ1) is 18.7. The average molecular weight is 376 g/mol. The summed E-state index contributed by atoms with van der Waals surface area (Å²) in [6.45, 7) is 13.3. The Bertz CT molecular complexity index is 1050. The topological polar surface area (TPSA) is 41.5 Å². The Balaban J connectivity index is 1.86. The predicted molar refractivity (Wildman–Crippen MR) is 116 cm³/mol. The zero-order valence-corrected chi connectivity index (χ0v) is 17.6. The van der Waals surface area contributed by atoms with Crippen molar-refractivity contribution in [3.63, 3.8) is 0 Å². The normalized spacial score (nSPS) is 16.6. The number of phenols is 1. The van der Waals surface area contributed by atoms with Gasteiger partial charge in [0, 0.05) is 5.56 Å². The molecule has 0 spiro atoms. The van der Waals surface area contributed by atoms with E-state index in [2.05, 4.69) is 65.1 Å².